The Morgan fingerprint density at radius 3 is 1.67 bits per heavy atom. The first kappa shape index (κ1) is 32.8. The van der Waals surface area contributed by atoms with Crippen molar-refractivity contribution < 1.29 is 0 Å². The average molecular weight is 741 g/mol. The zero-order valence-corrected chi connectivity index (χ0v) is 32.1. The molecule has 12 rings (SSSR count). The van der Waals surface area contributed by atoms with Crippen LogP contribution in [0.4, 0.5) is 0 Å². The molecule has 4 heteroatoms. The van der Waals surface area contributed by atoms with Crippen molar-refractivity contribution in [2.75, 3.05) is 0 Å². The third-order valence-corrected chi connectivity index (χ3v) is 12.4. The largest absolute Gasteiger partial charge is 0.277 e. The van der Waals surface area contributed by atoms with Gasteiger partial charge in [-0.25, -0.2) is 4.98 Å². The summed E-state index contributed by atoms with van der Waals surface area (Å²) in [4.78, 5) is 16.1. The molecule has 0 unspecified atom stereocenters. The molecule has 272 valence electrons. The van der Waals surface area contributed by atoms with Crippen LogP contribution in [0.15, 0.2) is 182 Å². The Bertz CT molecular complexity index is 3400. The van der Waals surface area contributed by atoms with Crippen LogP contribution in [0.3, 0.4) is 0 Å². The first-order valence-electron chi connectivity index (χ1n) is 19.9. The van der Waals surface area contributed by atoms with E-state index in [-0.39, 0.29) is 5.41 Å². The van der Waals surface area contributed by atoms with Gasteiger partial charge >= 0.3 is 0 Å². The van der Waals surface area contributed by atoms with Crippen molar-refractivity contribution >= 4 is 54.1 Å². The number of aromatic nitrogens is 4. The Hall–Kier alpha value is -7.43. The standard InChI is InChI=1S/C54H36N4/c1-54(2)45-23-10-9-19-43(45)48-41(20-12-24-46(48)54)42-21-11-22-44-49-40-18-8-7-15-35(40)29-30-47(49)58(50(42)44)53-56-51(38-27-25-33-13-3-5-16-36(33)31-38)55-52(57-53)39-28-26-34-14-4-6-17-37(34)32-39/h3-32H,1-2H3. The molecular formula is C54H36N4. The summed E-state index contributed by atoms with van der Waals surface area (Å²) in [7, 11) is 0. The monoisotopic (exact) mass is 740 g/mol. The summed E-state index contributed by atoms with van der Waals surface area (Å²) in [6, 6.07) is 65.5. The molecule has 0 spiro atoms. The number of para-hydroxylation sites is 1. The van der Waals surface area contributed by atoms with Gasteiger partial charge in [-0.15, -0.1) is 0 Å². The lowest BCUT2D eigenvalue weighted by molar-refractivity contribution is 0.660. The lowest BCUT2D eigenvalue weighted by atomic mass is 9.82. The van der Waals surface area contributed by atoms with Gasteiger partial charge in [-0.3, -0.25) is 4.57 Å². The molecule has 0 amide bonds. The fourth-order valence-corrected chi connectivity index (χ4v) is 9.62. The van der Waals surface area contributed by atoms with Gasteiger partial charge in [-0.1, -0.05) is 178 Å². The van der Waals surface area contributed by atoms with Gasteiger partial charge in [0.2, 0.25) is 5.95 Å². The third-order valence-electron chi connectivity index (χ3n) is 12.4. The quantitative estimate of drug-likeness (QED) is 0.180. The van der Waals surface area contributed by atoms with Crippen molar-refractivity contribution in [2.24, 2.45) is 0 Å². The second kappa shape index (κ2) is 12.3. The molecule has 0 N–H and O–H groups in total. The van der Waals surface area contributed by atoms with E-state index in [4.69, 9.17) is 15.0 Å². The van der Waals surface area contributed by atoms with Crippen LogP contribution in [-0.2, 0) is 5.41 Å². The van der Waals surface area contributed by atoms with Crippen molar-refractivity contribution in [1.82, 2.24) is 19.5 Å². The van der Waals surface area contributed by atoms with Gasteiger partial charge in [0.1, 0.15) is 0 Å². The predicted octanol–water partition coefficient (Wildman–Crippen LogP) is 13.7. The molecule has 0 fully saturated rings. The maximum Gasteiger partial charge on any atom is 0.238 e. The Morgan fingerprint density at radius 2 is 0.948 bits per heavy atom. The van der Waals surface area contributed by atoms with Gasteiger partial charge in [0, 0.05) is 32.9 Å². The van der Waals surface area contributed by atoms with E-state index in [1.54, 1.807) is 0 Å². The second-order valence-electron chi connectivity index (χ2n) is 16.0. The van der Waals surface area contributed by atoms with Gasteiger partial charge in [-0.05, 0) is 78.3 Å². The minimum atomic E-state index is -0.129. The third kappa shape index (κ3) is 4.78. The van der Waals surface area contributed by atoms with E-state index >= 15 is 0 Å². The molecule has 0 bridgehead atoms. The van der Waals surface area contributed by atoms with Crippen LogP contribution in [0.5, 0.6) is 0 Å². The molecule has 4 nitrogen and oxygen atoms in total. The van der Waals surface area contributed by atoms with Gasteiger partial charge in [0.15, 0.2) is 11.6 Å². The lowest BCUT2D eigenvalue weighted by Crippen LogP contribution is -2.14. The van der Waals surface area contributed by atoms with Crippen molar-refractivity contribution in [3.8, 4) is 51.0 Å². The summed E-state index contributed by atoms with van der Waals surface area (Å²) in [6.45, 7) is 4.69. The molecule has 58 heavy (non-hydrogen) atoms. The van der Waals surface area contributed by atoms with Crippen LogP contribution in [0.25, 0.3) is 105 Å². The summed E-state index contributed by atoms with van der Waals surface area (Å²) in [5.74, 6) is 1.84. The molecule has 1 aliphatic carbocycles. The topological polar surface area (TPSA) is 43.6 Å². The second-order valence-corrected chi connectivity index (χ2v) is 16.0. The minimum Gasteiger partial charge on any atom is -0.277 e. The first-order valence-corrected chi connectivity index (χ1v) is 19.9. The van der Waals surface area contributed by atoms with Crippen LogP contribution in [-0.4, -0.2) is 19.5 Å². The average Bonchev–Trinajstić information content (AvgIpc) is 3.75. The number of nitrogens with zero attached hydrogens (tertiary/aromatic N) is 4. The highest BCUT2D eigenvalue weighted by atomic mass is 15.2. The van der Waals surface area contributed by atoms with E-state index in [2.05, 4.69) is 200 Å². The van der Waals surface area contributed by atoms with Gasteiger partial charge in [0.05, 0.1) is 11.0 Å². The van der Waals surface area contributed by atoms with Crippen molar-refractivity contribution in [3.63, 3.8) is 0 Å². The summed E-state index contributed by atoms with van der Waals surface area (Å²) in [6.07, 6.45) is 0. The molecule has 0 saturated carbocycles. The van der Waals surface area contributed by atoms with E-state index in [9.17, 15) is 0 Å². The van der Waals surface area contributed by atoms with Gasteiger partial charge in [0.25, 0.3) is 0 Å². The molecule has 0 atom stereocenters. The van der Waals surface area contributed by atoms with Crippen LogP contribution >= 0.6 is 0 Å². The SMILES string of the molecule is CC1(C)c2ccccc2-c2c(-c3cccc4c5c6ccccc6ccc5n(-c5nc(-c6ccc7ccccc7c6)nc(-c6ccc7ccccc7c6)n5)c34)cccc21. The summed E-state index contributed by atoms with van der Waals surface area (Å²) < 4.78 is 2.30. The summed E-state index contributed by atoms with van der Waals surface area (Å²) in [5, 5.41) is 9.37. The molecule has 11 aromatic rings. The van der Waals surface area contributed by atoms with Gasteiger partial charge in [-0.2, -0.15) is 9.97 Å². The number of hydrogen-bond acceptors (Lipinski definition) is 3. The number of fused-ring (bicyclic) bond motifs is 10. The number of rotatable bonds is 4. The van der Waals surface area contributed by atoms with E-state index in [1.165, 1.54) is 54.7 Å². The first-order chi connectivity index (χ1) is 28.5. The highest BCUT2D eigenvalue weighted by molar-refractivity contribution is 6.23. The Kier molecular flexibility index (Phi) is 6.94. The molecule has 2 aromatic heterocycles. The predicted molar refractivity (Wildman–Crippen MR) is 241 cm³/mol. The Labute approximate surface area is 335 Å². The molecule has 0 radical (unpaired) electrons. The van der Waals surface area contributed by atoms with E-state index < -0.39 is 0 Å². The highest BCUT2D eigenvalue weighted by Crippen LogP contribution is 2.53. The number of benzene rings is 9. The molecule has 2 heterocycles. The number of hydrogen-bond donors (Lipinski definition) is 0. The summed E-state index contributed by atoms with van der Waals surface area (Å²) >= 11 is 0. The Balaban J connectivity index is 1.21. The molecule has 0 aliphatic heterocycles. The minimum absolute atomic E-state index is 0.129. The Morgan fingerprint density at radius 1 is 0.414 bits per heavy atom. The van der Waals surface area contributed by atoms with Crippen LogP contribution in [0.2, 0.25) is 0 Å². The highest BCUT2D eigenvalue weighted by Gasteiger charge is 2.37. The fraction of sp³-hybridized carbons (Fsp3) is 0.0556. The zero-order valence-electron chi connectivity index (χ0n) is 32.1. The van der Waals surface area contributed by atoms with Crippen LogP contribution in [0.1, 0.15) is 25.0 Å². The van der Waals surface area contributed by atoms with Crippen molar-refractivity contribution in [1.29, 1.82) is 0 Å². The normalized spacial score (nSPS) is 13.1. The van der Waals surface area contributed by atoms with Crippen molar-refractivity contribution in [3.05, 3.63) is 193 Å². The molecule has 9 aromatic carbocycles. The van der Waals surface area contributed by atoms with E-state index in [0.29, 0.717) is 17.6 Å². The summed E-state index contributed by atoms with van der Waals surface area (Å²) in [5.41, 5.74) is 11.5. The van der Waals surface area contributed by atoms with Crippen LogP contribution < -0.4 is 0 Å². The van der Waals surface area contributed by atoms with E-state index in [0.717, 1.165) is 43.9 Å². The fourth-order valence-electron chi connectivity index (χ4n) is 9.62. The smallest absolute Gasteiger partial charge is 0.238 e. The van der Waals surface area contributed by atoms with E-state index in [1.807, 2.05) is 0 Å². The molecular weight excluding hydrogens is 705 g/mol. The van der Waals surface area contributed by atoms with Crippen molar-refractivity contribution in [2.45, 2.75) is 19.3 Å². The van der Waals surface area contributed by atoms with Crippen LogP contribution in [0, 0.1) is 0 Å². The maximum absolute atomic E-state index is 5.43. The lowest BCUT2D eigenvalue weighted by Gasteiger charge is -2.21. The van der Waals surface area contributed by atoms with Gasteiger partial charge < -0.3 is 0 Å². The molecule has 0 saturated heterocycles. The zero-order chi connectivity index (χ0) is 38.5. The maximum atomic E-state index is 5.43. The molecule has 1 aliphatic rings.